The van der Waals surface area contributed by atoms with Crippen LogP contribution in [-0.2, 0) is 23.8 Å². The van der Waals surface area contributed by atoms with Crippen molar-refractivity contribution in [3.8, 4) is 0 Å². The number of carbonyl (C=O) groups excluding carboxylic acids is 2. The van der Waals surface area contributed by atoms with E-state index in [-0.39, 0.29) is 32.1 Å². The number of hydrogen-bond acceptors (Lipinski definition) is 7. The summed E-state index contributed by atoms with van der Waals surface area (Å²) in [6, 6.07) is 0. The van der Waals surface area contributed by atoms with Crippen molar-refractivity contribution in [2.75, 3.05) is 13.2 Å². The van der Waals surface area contributed by atoms with Gasteiger partial charge in [0.15, 0.2) is 0 Å². The Morgan fingerprint density at radius 3 is 1.81 bits per heavy atom. The van der Waals surface area contributed by atoms with Crippen molar-refractivity contribution in [2.24, 2.45) is 35.0 Å². The highest BCUT2D eigenvalue weighted by atomic mass is 32.2. The molecule has 2 aliphatic carbocycles. The van der Waals surface area contributed by atoms with Crippen LogP contribution in [0.3, 0.4) is 0 Å². The second-order valence-corrected chi connectivity index (χ2v) is 17.0. The van der Waals surface area contributed by atoms with Crippen LogP contribution in [0.25, 0.3) is 0 Å². The molecule has 2 heterocycles. The van der Waals surface area contributed by atoms with Crippen molar-refractivity contribution in [3.63, 3.8) is 0 Å². The zero-order valence-corrected chi connectivity index (χ0v) is 29.4. The number of ether oxygens (including phenoxy) is 3. The molecule has 4 fully saturated rings. The summed E-state index contributed by atoms with van der Waals surface area (Å²) in [6.07, 6.45) is -26.5. The van der Waals surface area contributed by atoms with Gasteiger partial charge in [-0.15, -0.1) is 0 Å². The van der Waals surface area contributed by atoms with E-state index in [4.69, 9.17) is 14.2 Å². The van der Waals surface area contributed by atoms with Crippen LogP contribution in [0.2, 0.25) is 0 Å². The third kappa shape index (κ3) is 8.20. The Labute approximate surface area is 296 Å². The van der Waals surface area contributed by atoms with Gasteiger partial charge in [0.05, 0.1) is 24.2 Å². The molecule has 1 N–H and O–H groups in total. The molecule has 19 heteroatoms. The maximum atomic E-state index is 14.8. The number of aliphatic hydroxyl groups is 1. The van der Waals surface area contributed by atoms with Gasteiger partial charge in [-0.2, -0.15) is 64.4 Å². The lowest BCUT2D eigenvalue weighted by molar-refractivity contribution is -0.405. The Morgan fingerprint density at radius 2 is 1.31 bits per heavy atom. The average Bonchev–Trinajstić information content (AvgIpc) is 3.58. The van der Waals surface area contributed by atoms with Crippen LogP contribution in [-0.4, -0.2) is 82.8 Å². The first-order chi connectivity index (χ1) is 23.5. The standard InChI is InChI=1S/C33H42F12O6S/c1-16(25(46)49-15-18-12-19-11-17(24(18)52-19)13-28(48,30(34,35)36)31(37,38)39)14-50-29(32(40,41)42,33(43,44)45)22-9-10-23(51-26(47)27(2,3)4)21-8-6-5-7-20(21)22/h17-24,48H,1,5-15H2,2-4H3. The number of rotatable bonds is 10. The lowest BCUT2D eigenvalue weighted by atomic mass is 9.59. The van der Waals surface area contributed by atoms with Gasteiger partial charge in [-0.25, -0.2) is 4.79 Å². The number of hydrogen-bond donors (Lipinski definition) is 1. The van der Waals surface area contributed by atoms with E-state index in [0.29, 0.717) is 12.8 Å². The molecular weight excluding hydrogens is 752 g/mol. The van der Waals surface area contributed by atoms with Crippen molar-refractivity contribution in [1.82, 2.24) is 0 Å². The monoisotopic (exact) mass is 794 g/mol. The van der Waals surface area contributed by atoms with Gasteiger partial charge in [0.2, 0.25) is 0 Å². The predicted octanol–water partition coefficient (Wildman–Crippen LogP) is 8.90. The Hall–Kier alpha value is -1.89. The topological polar surface area (TPSA) is 82.1 Å². The largest absolute Gasteiger partial charge is 0.462 e. The average molecular weight is 795 g/mol. The van der Waals surface area contributed by atoms with Gasteiger partial charge in [-0.3, -0.25) is 4.79 Å². The van der Waals surface area contributed by atoms with Crippen LogP contribution >= 0.6 is 11.8 Å². The quantitative estimate of drug-likeness (QED) is 0.135. The predicted molar refractivity (Wildman–Crippen MR) is 161 cm³/mol. The van der Waals surface area contributed by atoms with E-state index in [1.54, 1.807) is 20.8 Å². The number of alkyl halides is 12. The highest BCUT2D eigenvalue weighted by Crippen LogP contribution is 2.60. The molecule has 2 saturated carbocycles. The Morgan fingerprint density at radius 1 is 0.769 bits per heavy atom. The van der Waals surface area contributed by atoms with E-state index in [9.17, 15) is 67.4 Å². The highest BCUT2D eigenvalue weighted by molar-refractivity contribution is 8.01. The summed E-state index contributed by atoms with van der Waals surface area (Å²) >= 11 is 1.06. The van der Waals surface area contributed by atoms with Gasteiger partial charge in [0.25, 0.3) is 11.2 Å². The van der Waals surface area contributed by atoms with Crippen molar-refractivity contribution >= 4 is 23.7 Å². The number of halogens is 12. The molecule has 0 aromatic rings. The molecule has 0 amide bonds. The van der Waals surface area contributed by atoms with Gasteiger partial charge in [-0.1, -0.05) is 19.4 Å². The molecule has 300 valence electrons. The third-order valence-electron chi connectivity index (χ3n) is 11.0. The van der Waals surface area contributed by atoms with E-state index in [2.05, 4.69) is 6.58 Å². The highest BCUT2D eigenvalue weighted by Gasteiger charge is 2.77. The molecule has 52 heavy (non-hydrogen) atoms. The summed E-state index contributed by atoms with van der Waals surface area (Å²) in [4.78, 5) is 25.4. The third-order valence-corrected chi connectivity index (χ3v) is 12.8. The van der Waals surface area contributed by atoms with Crippen LogP contribution in [0.4, 0.5) is 52.7 Å². The Balaban J connectivity index is 1.46. The van der Waals surface area contributed by atoms with Crippen LogP contribution in [0, 0.1) is 35.0 Å². The zero-order valence-electron chi connectivity index (χ0n) is 28.5. The fraction of sp³-hybridized carbons (Fsp3) is 0.879. The molecule has 0 aromatic carbocycles. The molecule has 2 saturated heterocycles. The smallest absolute Gasteiger partial charge is 0.426 e. The Bertz CT molecular complexity index is 1290. The van der Waals surface area contributed by atoms with Crippen molar-refractivity contribution in [3.05, 3.63) is 12.2 Å². The van der Waals surface area contributed by atoms with Crippen LogP contribution in [0.5, 0.6) is 0 Å². The fourth-order valence-corrected chi connectivity index (χ4v) is 10.4. The maximum Gasteiger partial charge on any atom is 0.426 e. The second kappa shape index (κ2) is 14.6. The molecule has 4 aliphatic rings. The molecule has 6 nitrogen and oxygen atoms in total. The van der Waals surface area contributed by atoms with Gasteiger partial charge in [0, 0.05) is 22.3 Å². The lowest BCUT2D eigenvalue weighted by Gasteiger charge is -2.52. The maximum absolute atomic E-state index is 14.8. The molecule has 0 radical (unpaired) electrons. The second-order valence-electron chi connectivity index (χ2n) is 15.5. The number of esters is 2. The minimum absolute atomic E-state index is 0.0228. The number of fused-ring (bicyclic) bond motifs is 3. The first-order valence-corrected chi connectivity index (χ1v) is 17.8. The van der Waals surface area contributed by atoms with Crippen molar-refractivity contribution in [2.45, 2.75) is 131 Å². The van der Waals surface area contributed by atoms with E-state index in [1.807, 2.05) is 0 Å². The molecule has 4 rings (SSSR count). The van der Waals surface area contributed by atoms with Gasteiger partial charge >= 0.3 is 36.6 Å². The number of carbonyl (C=O) groups is 2. The van der Waals surface area contributed by atoms with Crippen LogP contribution in [0.15, 0.2) is 12.2 Å². The van der Waals surface area contributed by atoms with E-state index in [0.717, 1.165) is 11.8 Å². The van der Waals surface area contributed by atoms with Crippen molar-refractivity contribution in [1.29, 1.82) is 0 Å². The van der Waals surface area contributed by atoms with Gasteiger partial charge < -0.3 is 19.3 Å². The summed E-state index contributed by atoms with van der Waals surface area (Å²) in [6.45, 7) is 5.75. The summed E-state index contributed by atoms with van der Waals surface area (Å²) < 4.78 is 184. The molecule has 8 atom stereocenters. The summed E-state index contributed by atoms with van der Waals surface area (Å²) in [5.41, 5.74) is -11.6. The minimum atomic E-state index is -6.03. The first-order valence-electron chi connectivity index (χ1n) is 16.9. The SMILES string of the molecule is C=C(COC(C1CCC(OC(=O)C(C)(C)C)C2CCCCC21)(C(F)(F)F)C(F)(F)F)C(=O)OCC1CC2CC(CC(O)(C(F)(F)F)C(F)(F)F)C1S2. The van der Waals surface area contributed by atoms with Crippen molar-refractivity contribution < 1.29 is 81.6 Å². The summed E-state index contributed by atoms with van der Waals surface area (Å²) in [5.74, 6) is -8.40. The van der Waals surface area contributed by atoms with E-state index < -0.39 is 131 Å². The van der Waals surface area contributed by atoms with E-state index >= 15 is 0 Å². The Kier molecular flexibility index (Phi) is 12.1. The van der Waals surface area contributed by atoms with Gasteiger partial charge in [-0.05, 0) is 83.5 Å². The zero-order chi connectivity index (χ0) is 39.5. The molecule has 2 bridgehead atoms. The fourth-order valence-electron chi connectivity index (χ4n) is 8.40. The minimum Gasteiger partial charge on any atom is -0.462 e. The van der Waals surface area contributed by atoms with Gasteiger partial charge in [0.1, 0.15) is 6.10 Å². The van der Waals surface area contributed by atoms with Crippen LogP contribution in [0.1, 0.15) is 78.6 Å². The molecule has 2 aliphatic heterocycles. The molecule has 0 aromatic heterocycles. The molecular formula is C33H42F12O6S. The van der Waals surface area contributed by atoms with Crippen LogP contribution < -0.4 is 0 Å². The summed E-state index contributed by atoms with van der Waals surface area (Å²) in [5, 5.41) is 8.33. The first kappa shape index (κ1) is 42.8. The molecule has 8 unspecified atom stereocenters. The lowest BCUT2D eigenvalue weighted by Crippen LogP contribution is -2.67. The number of thioether (sulfide) groups is 1. The van der Waals surface area contributed by atoms with E-state index in [1.165, 1.54) is 0 Å². The normalized spacial score (nSPS) is 30.5. The summed E-state index contributed by atoms with van der Waals surface area (Å²) in [7, 11) is 0. The molecule has 0 spiro atoms.